The van der Waals surface area contributed by atoms with Gasteiger partial charge in [-0.3, -0.25) is 10.1 Å². The number of carbonyl (C=O) groups is 1. The fourth-order valence-corrected chi connectivity index (χ4v) is 4.28. The van der Waals surface area contributed by atoms with Crippen LogP contribution in [0.3, 0.4) is 0 Å². The number of anilines is 1. The zero-order valence-electron chi connectivity index (χ0n) is 16.2. The molecule has 0 saturated carbocycles. The van der Waals surface area contributed by atoms with Crippen molar-refractivity contribution in [1.29, 1.82) is 0 Å². The Bertz CT molecular complexity index is 1260. The van der Waals surface area contributed by atoms with Gasteiger partial charge >= 0.3 is 6.01 Å². The molecule has 3 aromatic rings. The maximum absolute atomic E-state index is 12.3. The van der Waals surface area contributed by atoms with Crippen LogP contribution in [0.2, 0.25) is 0 Å². The van der Waals surface area contributed by atoms with E-state index in [0.717, 1.165) is 0 Å². The van der Waals surface area contributed by atoms with Crippen LogP contribution in [0.1, 0.15) is 24.2 Å². The van der Waals surface area contributed by atoms with Crippen molar-refractivity contribution in [3.63, 3.8) is 0 Å². The third-order valence-electron chi connectivity index (χ3n) is 4.34. The standard InChI is InChI=1S/C19H19N3O6S2/c1-3-29(24,25)15-9-5-13(6-10-15)17(23)20-19-22-21-18(28-19)14-7-11-16(12-8-14)30(26,27)4-2/h5-12H,3-4H2,1-2H3,(H,20,22,23). The van der Waals surface area contributed by atoms with Crippen LogP contribution in [-0.2, 0) is 19.7 Å². The predicted octanol–water partition coefficient (Wildman–Crippen LogP) is 2.58. The molecule has 0 unspecified atom stereocenters. The van der Waals surface area contributed by atoms with Crippen LogP contribution < -0.4 is 5.32 Å². The first-order valence-corrected chi connectivity index (χ1v) is 12.3. The lowest BCUT2D eigenvalue weighted by molar-refractivity contribution is 0.102. The molecule has 0 radical (unpaired) electrons. The number of nitrogens with zero attached hydrogens (tertiary/aromatic N) is 2. The van der Waals surface area contributed by atoms with Gasteiger partial charge in [-0.1, -0.05) is 18.9 Å². The fraction of sp³-hybridized carbons (Fsp3) is 0.211. The maximum Gasteiger partial charge on any atom is 0.322 e. The lowest BCUT2D eigenvalue weighted by Crippen LogP contribution is -2.12. The second kappa shape index (κ2) is 8.36. The summed E-state index contributed by atoms with van der Waals surface area (Å²) in [6, 6.07) is 11.3. The van der Waals surface area contributed by atoms with Crippen LogP contribution in [0.5, 0.6) is 0 Å². The number of nitrogens with one attached hydrogen (secondary N) is 1. The van der Waals surface area contributed by atoms with Gasteiger partial charge in [0.25, 0.3) is 5.91 Å². The van der Waals surface area contributed by atoms with E-state index >= 15 is 0 Å². The molecule has 0 atom stereocenters. The Morgan fingerprint density at radius 3 is 1.83 bits per heavy atom. The highest BCUT2D eigenvalue weighted by Gasteiger charge is 2.16. The van der Waals surface area contributed by atoms with Gasteiger partial charge < -0.3 is 4.42 Å². The van der Waals surface area contributed by atoms with E-state index < -0.39 is 25.6 Å². The molecule has 0 aliphatic heterocycles. The normalized spacial score (nSPS) is 11.9. The van der Waals surface area contributed by atoms with E-state index in [9.17, 15) is 21.6 Å². The van der Waals surface area contributed by atoms with Gasteiger partial charge in [0.1, 0.15) is 0 Å². The van der Waals surface area contributed by atoms with Crippen molar-refractivity contribution in [3.8, 4) is 11.5 Å². The van der Waals surface area contributed by atoms with E-state index in [1.54, 1.807) is 13.8 Å². The lowest BCUT2D eigenvalue weighted by atomic mass is 10.2. The van der Waals surface area contributed by atoms with Gasteiger partial charge in [-0.15, -0.1) is 5.10 Å². The number of carbonyl (C=O) groups excluding carboxylic acids is 1. The van der Waals surface area contributed by atoms with Crippen LogP contribution in [0.4, 0.5) is 6.01 Å². The molecule has 0 aliphatic rings. The van der Waals surface area contributed by atoms with Gasteiger partial charge in [0.2, 0.25) is 5.89 Å². The topological polar surface area (TPSA) is 136 Å². The van der Waals surface area contributed by atoms with E-state index in [-0.39, 0.29) is 38.8 Å². The molecule has 1 aromatic heterocycles. The predicted molar refractivity (Wildman–Crippen MR) is 110 cm³/mol. The smallest absolute Gasteiger partial charge is 0.322 e. The first kappa shape index (κ1) is 21.7. The van der Waals surface area contributed by atoms with E-state index in [1.165, 1.54) is 48.5 Å². The molecule has 0 saturated heterocycles. The number of sulfone groups is 2. The third-order valence-corrected chi connectivity index (χ3v) is 7.84. The molecule has 30 heavy (non-hydrogen) atoms. The average molecular weight is 450 g/mol. The summed E-state index contributed by atoms with van der Waals surface area (Å²) < 4.78 is 52.8. The van der Waals surface area contributed by atoms with Crippen molar-refractivity contribution in [1.82, 2.24) is 10.2 Å². The molecule has 9 nitrogen and oxygen atoms in total. The summed E-state index contributed by atoms with van der Waals surface area (Å²) in [5.74, 6) is -0.478. The summed E-state index contributed by atoms with van der Waals surface area (Å²) in [6.45, 7) is 3.10. The molecule has 1 heterocycles. The fourth-order valence-electron chi connectivity index (χ4n) is 2.51. The third kappa shape index (κ3) is 4.57. The van der Waals surface area contributed by atoms with Gasteiger partial charge in [-0.2, -0.15) is 0 Å². The summed E-state index contributed by atoms with van der Waals surface area (Å²) in [7, 11) is -6.67. The molecular weight excluding hydrogens is 430 g/mol. The van der Waals surface area contributed by atoms with E-state index in [0.29, 0.717) is 5.56 Å². The first-order valence-electron chi connectivity index (χ1n) is 8.97. The summed E-state index contributed by atoms with van der Waals surface area (Å²) in [6.07, 6.45) is 0. The summed E-state index contributed by atoms with van der Waals surface area (Å²) in [5, 5.41) is 10.0. The van der Waals surface area contributed by atoms with Crippen LogP contribution in [-0.4, -0.2) is 44.4 Å². The summed E-state index contributed by atoms with van der Waals surface area (Å²) in [5.41, 5.74) is 0.714. The van der Waals surface area contributed by atoms with Crippen molar-refractivity contribution in [2.45, 2.75) is 23.6 Å². The van der Waals surface area contributed by atoms with E-state index in [1.807, 2.05) is 0 Å². The molecule has 3 rings (SSSR count). The van der Waals surface area contributed by atoms with Crippen molar-refractivity contribution >= 4 is 31.6 Å². The van der Waals surface area contributed by atoms with Crippen molar-refractivity contribution in [3.05, 3.63) is 54.1 Å². The Hall–Kier alpha value is -3.05. The number of aromatic nitrogens is 2. The van der Waals surface area contributed by atoms with Crippen LogP contribution in [0.15, 0.2) is 62.7 Å². The average Bonchev–Trinajstić information content (AvgIpc) is 3.22. The molecule has 1 amide bonds. The molecule has 0 bridgehead atoms. The zero-order chi connectivity index (χ0) is 21.9. The first-order chi connectivity index (χ1) is 14.2. The number of hydrogen-bond donors (Lipinski definition) is 1. The molecule has 11 heteroatoms. The molecule has 2 aromatic carbocycles. The zero-order valence-corrected chi connectivity index (χ0v) is 17.8. The minimum absolute atomic E-state index is 0.00552. The van der Waals surface area contributed by atoms with E-state index in [4.69, 9.17) is 4.42 Å². The Balaban J connectivity index is 1.73. The SMILES string of the molecule is CCS(=O)(=O)c1ccc(C(=O)Nc2nnc(-c3ccc(S(=O)(=O)CC)cc3)o2)cc1. The quantitative estimate of drug-likeness (QED) is 0.581. The Morgan fingerprint density at radius 2 is 1.33 bits per heavy atom. The second-order valence-electron chi connectivity index (χ2n) is 6.22. The minimum atomic E-state index is -3.35. The second-order valence-corrected chi connectivity index (χ2v) is 10.8. The van der Waals surface area contributed by atoms with Crippen LogP contribution in [0, 0.1) is 0 Å². The highest BCUT2D eigenvalue weighted by molar-refractivity contribution is 7.91. The van der Waals surface area contributed by atoms with Gasteiger partial charge in [0, 0.05) is 11.1 Å². The Labute approximate surface area is 174 Å². The highest BCUT2D eigenvalue weighted by Crippen LogP contribution is 2.22. The monoisotopic (exact) mass is 449 g/mol. The van der Waals surface area contributed by atoms with Gasteiger partial charge in [-0.05, 0) is 48.5 Å². The lowest BCUT2D eigenvalue weighted by Gasteiger charge is -2.04. The number of rotatable bonds is 7. The van der Waals surface area contributed by atoms with Crippen molar-refractivity contribution in [2.75, 3.05) is 16.8 Å². The van der Waals surface area contributed by atoms with Gasteiger partial charge in [0.05, 0.1) is 21.3 Å². The molecule has 0 aliphatic carbocycles. The summed E-state index contributed by atoms with van der Waals surface area (Å²) >= 11 is 0. The van der Waals surface area contributed by atoms with E-state index in [2.05, 4.69) is 15.5 Å². The van der Waals surface area contributed by atoms with Crippen molar-refractivity contribution in [2.24, 2.45) is 0 Å². The molecule has 158 valence electrons. The minimum Gasteiger partial charge on any atom is -0.403 e. The maximum atomic E-state index is 12.3. The summed E-state index contributed by atoms with van der Waals surface area (Å²) in [4.78, 5) is 12.6. The number of hydrogen-bond acceptors (Lipinski definition) is 8. The van der Waals surface area contributed by atoms with Crippen molar-refractivity contribution < 1.29 is 26.0 Å². The molecule has 0 spiro atoms. The van der Waals surface area contributed by atoms with Gasteiger partial charge in [0.15, 0.2) is 19.7 Å². The molecule has 1 N–H and O–H groups in total. The van der Waals surface area contributed by atoms with Crippen LogP contribution >= 0.6 is 0 Å². The molecule has 0 fully saturated rings. The van der Waals surface area contributed by atoms with Gasteiger partial charge in [-0.25, -0.2) is 16.8 Å². The Morgan fingerprint density at radius 1 is 0.833 bits per heavy atom. The Kier molecular flexibility index (Phi) is 6.04. The molecular formula is C19H19N3O6S2. The number of benzene rings is 2. The number of amides is 1. The largest absolute Gasteiger partial charge is 0.403 e. The van der Waals surface area contributed by atoms with Crippen LogP contribution in [0.25, 0.3) is 11.5 Å². The highest BCUT2D eigenvalue weighted by atomic mass is 32.2.